The molecule has 1 aliphatic heterocycles. The van der Waals surface area contributed by atoms with Gasteiger partial charge in [-0.2, -0.15) is 0 Å². The Hall–Kier alpha value is -2.04. The molecule has 1 saturated heterocycles. The molecule has 0 spiro atoms. The Bertz CT molecular complexity index is 469. The van der Waals surface area contributed by atoms with Gasteiger partial charge in [-0.1, -0.05) is 12.1 Å². The van der Waals surface area contributed by atoms with Gasteiger partial charge in [-0.15, -0.1) is 0 Å². The molecule has 1 fully saturated rings. The summed E-state index contributed by atoms with van der Waals surface area (Å²) in [5.74, 6) is -0.339. The maximum Gasteiger partial charge on any atom is 0.333 e. The third-order valence-electron chi connectivity index (χ3n) is 3.14. The quantitative estimate of drug-likeness (QED) is 0.838. The van der Waals surface area contributed by atoms with Crippen molar-refractivity contribution in [2.45, 2.75) is 25.8 Å². The fourth-order valence-electron chi connectivity index (χ4n) is 2.26. The average molecular weight is 263 g/mol. The first-order valence-electron chi connectivity index (χ1n) is 6.38. The van der Waals surface area contributed by atoms with Gasteiger partial charge in [0.25, 0.3) is 0 Å². The summed E-state index contributed by atoms with van der Waals surface area (Å²) in [5.41, 5.74) is 0.659. The molecule has 0 aliphatic carbocycles. The summed E-state index contributed by atoms with van der Waals surface area (Å²) in [6, 6.07) is 5.57. The molecule has 0 unspecified atom stereocenters. The van der Waals surface area contributed by atoms with Gasteiger partial charge < -0.3 is 14.7 Å². The molecule has 1 atom stereocenters. The zero-order chi connectivity index (χ0) is 13.8. The highest BCUT2D eigenvalue weighted by atomic mass is 16.5. The van der Waals surface area contributed by atoms with Gasteiger partial charge in [0.15, 0.2) is 6.04 Å². The van der Waals surface area contributed by atoms with Crippen molar-refractivity contribution in [2.24, 2.45) is 0 Å². The Kier molecular flexibility index (Phi) is 4.04. The van der Waals surface area contributed by atoms with Crippen molar-refractivity contribution in [1.82, 2.24) is 4.90 Å². The number of rotatable bonds is 4. The maximum absolute atomic E-state index is 12.1. The van der Waals surface area contributed by atoms with Crippen LogP contribution < -0.4 is 0 Å². The third kappa shape index (κ3) is 2.86. The predicted molar refractivity (Wildman–Crippen MR) is 68.4 cm³/mol. The van der Waals surface area contributed by atoms with E-state index in [2.05, 4.69) is 0 Å². The van der Waals surface area contributed by atoms with Gasteiger partial charge in [-0.3, -0.25) is 4.79 Å². The predicted octanol–water partition coefficient (Wildman–Crippen LogP) is 1.62. The van der Waals surface area contributed by atoms with E-state index < -0.39 is 12.0 Å². The monoisotopic (exact) mass is 263 g/mol. The Morgan fingerprint density at radius 3 is 2.63 bits per heavy atom. The molecular formula is C14H17NO4. The first-order chi connectivity index (χ1) is 9.13. The molecule has 1 aliphatic rings. The van der Waals surface area contributed by atoms with Gasteiger partial charge in [0, 0.05) is 13.0 Å². The number of likely N-dealkylation sites (tertiary alicyclic amines) is 1. The molecule has 0 aromatic heterocycles. The largest absolute Gasteiger partial charge is 0.508 e. The SMILES string of the molecule is CCOC(=O)[C@@H](c1ccc(O)cc1)N1CCCC1=O. The number of hydrogen-bond donors (Lipinski definition) is 1. The number of hydrogen-bond acceptors (Lipinski definition) is 4. The van der Waals surface area contributed by atoms with Crippen molar-refractivity contribution in [3.8, 4) is 5.75 Å². The minimum absolute atomic E-state index is 0.0360. The fourth-order valence-corrected chi connectivity index (χ4v) is 2.26. The average Bonchev–Trinajstić information content (AvgIpc) is 2.79. The van der Waals surface area contributed by atoms with Crippen LogP contribution in [0.3, 0.4) is 0 Å². The number of esters is 1. The standard InChI is InChI=1S/C14H17NO4/c1-2-19-14(18)13(15-9-3-4-12(15)17)10-5-7-11(16)8-6-10/h5-8,13,16H,2-4,9H2,1H3/t13-/m1/s1. The summed E-state index contributed by atoms with van der Waals surface area (Å²) < 4.78 is 5.05. The van der Waals surface area contributed by atoms with Crippen LogP contribution in [0, 0.1) is 0 Å². The van der Waals surface area contributed by atoms with E-state index in [0.717, 1.165) is 6.42 Å². The number of carbonyl (C=O) groups is 2. The molecule has 5 nitrogen and oxygen atoms in total. The van der Waals surface area contributed by atoms with E-state index in [-0.39, 0.29) is 18.3 Å². The topological polar surface area (TPSA) is 66.8 Å². The molecule has 102 valence electrons. The number of aromatic hydroxyl groups is 1. The highest BCUT2D eigenvalue weighted by Crippen LogP contribution is 2.28. The molecule has 1 N–H and O–H groups in total. The number of benzene rings is 1. The van der Waals surface area contributed by atoms with Crippen LogP contribution in [-0.4, -0.2) is 35.0 Å². The molecule has 0 saturated carbocycles. The smallest absolute Gasteiger partial charge is 0.333 e. The molecule has 0 radical (unpaired) electrons. The first kappa shape index (κ1) is 13.4. The summed E-state index contributed by atoms with van der Waals surface area (Å²) in [7, 11) is 0. The molecule has 5 heteroatoms. The lowest BCUT2D eigenvalue weighted by Crippen LogP contribution is -2.36. The zero-order valence-electron chi connectivity index (χ0n) is 10.8. The molecule has 0 bridgehead atoms. The number of phenolic OH excluding ortho intramolecular Hbond substituents is 1. The van der Waals surface area contributed by atoms with Crippen molar-refractivity contribution >= 4 is 11.9 Å². The summed E-state index contributed by atoms with van der Waals surface area (Å²) >= 11 is 0. The van der Waals surface area contributed by atoms with Crippen LogP contribution >= 0.6 is 0 Å². The van der Waals surface area contributed by atoms with E-state index in [0.29, 0.717) is 18.5 Å². The highest BCUT2D eigenvalue weighted by Gasteiger charge is 2.34. The normalized spacial score (nSPS) is 16.5. The van der Waals surface area contributed by atoms with Crippen LogP contribution in [0.2, 0.25) is 0 Å². The van der Waals surface area contributed by atoms with E-state index in [1.54, 1.807) is 24.0 Å². The summed E-state index contributed by atoms with van der Waals surface area (Å²) in [5, 5.41) is 9.30. The van der Waals surface area contributed by atoms with Crippen molar-refractivity contribution in [3.05, 3.63) is 29.8 Å². The molecule has 2 rings (SSSR count). The van der Waals surface area contributed by atoms with Gasteiger partial charge >= 0.3 is 5.97 Å². The van der Waals surface area contributed by atoms with Crippen LogP contribution in [0.25, 0.3) is 0 Å². The minimum Gasteiger partial charge on any atom is -0.508 e. The second-order valence-electron chi connectivity index (χ2n) is 4.44. The molecule has 1 amide bonds. The van der Waals surface area contributed by atoms with E-state index in [1.807, 2.05) is 0 Å². The number of carbonyl (C=O) groups excluding carboxylic acids is 2. The van der Waals surface area contributed by atoms with Gasteiger partial charge in [0.1, 0.15) is 5.75 Å². The molecule has 1 heterocycles. The van der Waals surface area contributed by atoms with Crippen LogP contribution in [0.1, 0.15) is 31.4 Å². The lowest BCUT2D eigenvalue weighted by molar-refractivity contribution is -0.153. The summed E-state index contributed by atoms with van der Waals surface area (Å²) in [4.78, 5) is 25.5. The Morgan fingerprint density at radius 1 is 1.42 bits per heavy atom. The second-order valence-corrected chi connectivity index (χ2v) is 4.44. The fraction of sp³-hybridized carbons (Fsp3) is 0.429. The van der Waals surface area contributed by atoms with Gasteiger partial charge in [0.05, 0.1) is 6.61 Å². The van der Waals surface area contributed by atoms with Crippen LogP contribution in [0.15, 0.2) is 24.3 Å². The lowest BCUT2D eigenvalue weighted by atomic mass is 10.1. The summed E-state index contributed by atoms with van der Waals surface area (Å²) in [6.07, 6.45) is 1.22. The molecular weight excluding hydrogens is 246 g/mol. The highest BCUT2D eigenvalue weighted by molar-refractivity contribution is 5.86. The third-order valence-corrected chi connectivity index (χ3v) is 3.14. The van der Waals surface area contributed by atoms with Crippen LogP contribution in [-0.2, 0) is 14.3 Å². The van der Waals surface area contributed by atoms with E-state index in [4.69, 9.17) is 4.74 Å². The number of nitrogens with zero attached hydrogens (tertiary/aromatic N) is 1. The van der Waals surface area contributed by atoms with Gasteiger partial charge in [-0.25, -0.2) is 4.79 Å². The lowest BCUT2D eigenvalue weighted by Gasteiger charge is -2.26. The summed E-state index contributed by atoms with van der Waals surface area (Å²) in [6.45, 7) is 2.57. The minimum atomic E-state index is -0.712. The molecule has 19 heavy (non-hydrogen) atoms. The van der Waals surface area contributed by atoms with E-state index in [1.165, 1.54) is 12.1 Å². The van der Waals surface area contributed by atoms with E-state index >= 15 is 0 Å². The van der Waals surface area contributed by atoms with Crippen molar-refractivity contribution in [2.75, 3.05) is 13.2 Å². The number of phenols is 1. The number of ether oxygens (including phenoxy) is 1. The second kappa shape index (κ2) is 5.73. The van der Waals surface area contributed by atoms with Crippen LogP contribution in [0.5, 0.6) is 5.75 Å². The van der Waals surface area contributed by atoms with Crippen molar-refractivity contribution in [1.29, 1.82) is 0 Å². The van der Waals surface area contributed by atoms with Crippen molar-refractivity contribution in [3.63, 3.8) is 0 Å². The number of amides is 1. The van der Waals surface area contributed by atoms with Crippen LogP contribution in [0.4, 0.5) is 0 Å². The van der Waals surface area contributed by atoms with E-state index in [9.17, 15) is 14.7 Å². The molecule has 1 aromatic rings. The Labute approximate surface area is 111 Å². The maximum atomic E-state index is 12.1. The van der Waals surface area contributed by atoms with Gasteiger partial charge in [-0.05, 0) is 31.0 Å². The van der Waals surface area contributed by atoms with Crippen molar-refractivity contribution < 1.29 is 19.4 Å². The zero-order valence-corrected chi connectivity index (χ0v) is 10.8. The Balaban J connectivity index is 2.30. The first-order valence-corrected chi connectivity index (χ1v) is 6.38. The Morgan fingerprint density at radius 2 is 2.11 bits per heavy atom. The van der Waals surface area contributed by atoms with Gasteiger partial charge in [0.2, 0.25) is 5.91 Å². The molecule has 1 aromatic carbocycles.